The van der Waals surface area contributed by atoms with E-state index in [4.69, 9.17) is 5.73 Å². The molecule has 0 saturated carbocycles. The number of hydrogen-bond donors (Lipinski definition) is 2. The lowest BCUT2D eigenvalue weighted by molar-refractivity contribution is 0.625. The van der Waals surface area contributed by atoms with Crippen LogP contribution in [0.1, 0.15) is 0 Å². The average molecular weight is 227 g/mol. The monoisotopic (exact) mass is 227 g/mol. The van der Waals surface area contributed by atoms with Gasteiger partial charge in [0.05, 0.1) is 6.20 Å². The lowest BCUT2D eigenvalue weighted by Gasteiger charge is -2.05. The highest BCUT2D eigenvalue weighted by Crippen LogP contribution is 2.30. The Morgan fingerprint density at radius 3 is 2.94 bits per heavy atom. The molecule has 1 aromatic carbocycles. The van der Waals surface area contributed by atoms with Gasteiger partial charge in [-0.15, -0.1) is 0 Å². The van der Waals surface area contributed by atoms with Crippen molar-refractivity contribution < 1.29 is 4.39 Å². The van der Waals surface area contributed by atoms with E-state index in [1.165, 1.54) is 0 Å². The second-order valence-electron chi connectivity index (χ2n) is 3.83. The number of hydrogen-bond acceptors (Lipinski definition) is 2. The Balaban J connectivity index is 2.34. The molecule has 0 aliphatic carbocycles. The third-order valence-corrected chi connectivity index (χ3v) is 2.76. The highest BCUT2D eigenvalue weighted by Gasteiger charge is 2.09. The molecule has 0 atom stereocenters. The fourth-order valence-electron chi connectivity index (χ4n) is 1.98. The van der Waals surface area contributed by atoms with Crippen LogP contribution in [0.3, 0.4) is 0 Å². The first-order valence-corrected chi connectivity index (χ1v) is 5.23. The van der Waals surface area contributed by atoms with Gasteiger partial charge in [0, 0.05) is 22.7 Å². The van der Waals surface area contributed by atoms with Gasteiger partial charge in [-0.2, -0.15) is 0 Å². The zero-order chi connectivity index (χ0) is 11.8. The zero-order valence-corrected chi connectivity index (χ0v) is 8.94. The van der Waals surface area contributed by atoms with Crippen molar-refractivity contribution >= 4 is 16.7 Å². The molecule has 2 heterocycles. The van der Waals surface area contributed by atoms with E-state index < -0.39 is 0 Å². The van der Waals surface area contributed by atoms with Crippen LogP contribution in [0, 0.1) is 5.82 Å². The smallest absolute Gasteiger partial charge is 0.149 e. The lowest BCUT2D eigenvalue weighted by Crippen LogP contribution is -1.93. The van der Waals surface area contributed by atoms with E-state index in [9.17, 15) is 4.39 Å². The summed E-state index contributed by atoms with van der Waals surface area (Å²) in [5.74, 6) is -0.0539. The van der Waals surface area contributed by atoms with Gasteiger partial charge in [-0.3, -0.25) is 0 Å². The predicted octanol–water partition coefficient (Wildman–Crippen LogP) is 2.95. The third-order valence-electron chi connectivity index (χ3n) is 2.76. The number of aromatic amines is 1. The van der Waals surface area contributed by atoms with Crippen LogP contribution < -0.4 is 5.73 Å². The molecular weight excluding hydrogens is 217 g/mol. The molecule has 0 unspecified atom stereocenters. The number of pyridine rings is 1. The Kier molecular flexibility index (Phi) is 2.08. The first-order chi connectivity index (χ1) is 8.25. The summed E-state index contributed by atoms with van der Waals surface area (Å²) in [6, 6.07) is 9.16. The molecule has 0 aliphatic heterocycles. The molecule has 3 N–H and O–H groups in total. The molecule has 4 heteroatoms. The van der Waals surface area contributed by atoms with Gasteiger partial charge in [-0.1, -0.05) is 12.1 Å². The molecular formula is C13H10FN3. The molecule has 3 aromatic rings. The van der Waals surface area contributed by atoms with Gasteiger partial charge in [0.15, 0.2) is 0 Å². The topological polar surface area (TPSA) is 54.7 Å². The highest BCUT2D eigenvalue weighted by atomic mass is 19.1. The molecule has 0 aliphatic rings. The normalized spacial score (nSPS) is 10.9. The quantitative estimate of drug-likeness (QED) is 0.671. The number of halogens is 1. The number of nitrogen functional groups attached to an aromatic ring is 1. The molecule has 3 nitrogen and oxygen atoms in total. The van der Waals surface area contributed by atoms with Crippen molar-refractivity contribution in [1.29, 1.82) is 0 Å². The first kappa shape index (κ1) is 9.84. The Morgan fingerprint density at radius 1 is 1.18 bits per heavy atom. The molecule has 0 amide bonds. The Morgan fingerprint density at radius 2 is 2.06 bits per heavy atom. The van der Waals surface area contributed by atoms with Crippen LogP contribution in [-0.2, 0) is 0 Å². The summed E-state index contributed by atoms with van der Waals surface area (Å²) in [5.41, 5.74) is 7.86. The molecule has 84 valence electrons. The maximum Gasteiger partial charge on any atom is 0.149 e. The van der Waals surface area contributed by atoms with E-state index in [-0.39, 0.29) is 5.82 Å². The molecule has 0 radical (unpaired) electrons. The van der Waals surface area contributed by atoms with Crippen LogP contribution in [0.4, 0.5) is 10.2 Å². The fraction of sp³-hybridized carbons (Fsp3) is 0. The standard InChI is InChI=1S/C13H10FN3/c14-11-7-17-13(15)6-10(11)8-2-1-3-12-9(8)4-5-16-12/h1-7,16H,(H2,15,17). The van der Waals surface area contributed by atoms with Gasteiger partial charge < -0.3 is 10.7 Å². The van der Waals surface area contributed by atoms with Gasteiger partial charge in [0.2, 0.25) is 0 Å². The van der Waals surface area contributed by atoms with Crippen molar-refractivity contribution in [2.75, 3.05) is 5.73 Å². The first-order valence-electron chi connectivity index (χ1n) is 5.23. The van der Waals surface area contributed by atoms with Gasteiger partial charge in [0.25, 0.3) is 0 Å². The summed E-state index contributed by atoms with van der Waals surface area (Å²) in [4.78, 5) is 6.82. The van der Waals surface area contributed by atoms with Crippen LogP contribution in [0.2, 0.25) is 0 Å². The summed E-state index contributed by atoms with van der Waals surface area (Å²) < 4.78 is 13.8. The molecule has 0 bridgehead atoms. The van der Waals surface area contributed by atoms with E-state index >= 15 is 0 Å². The molecule has 0 saturated heterocycles. The molecule has 17 heavy (non-hydrogen) atoms. The maximum atomic E-state index is 13.8. The van der Waals surface area contributed by atoms with Crippen molar-refractivity contribution in [3.05, 3.63) is 48.5 Å². The minimum atomic E-state index is -0.368. The van der Waals surface area contributed by atoms with Crippen molar-refractivity contribution in [1.82, 2.24) is 9.97 Å². The fourth-order valence-corrected chi connectivity index (χ4v) is 1.98. The molecule has 2 aromatic heterocycles. The van der Waals surface area contributed by atoms with Gasteiger partial charge in [0.1, 0.15) is 11.6 Å². The van der Waals surface area contributed by atoms with Crippen LogP contribution in [0.25, 0.3) is 22.0 Å². The van der Waals surface area contributed by atoms with Gasteiger partial charge in [-0.25, -0.2) is 9.37 Å². The summed E-state index contributed by atoms with van der Waals surface area (Å²) in [6.45, 7) is 0. The van der Waals surface area contributed by atoms with Crippen molar-refractivity contribution in [2.24, 2.45) is 0 Å². The van der Waals surface area contributed by atoms with Gasteiger partial charge in [-0.05, 0) is 23.8 Å². The number of aromatic nitrogens is 2. The number of fused-ring (bicyclic) bond motifs is 1. The summed E-state index contributed by atoms with van der Waals surface area (Å²) in [7, 11) is 0. The van der Waals surface area contributed by atoms with E-state index in [1.54, 1.807) is 6.07 Å². The van der Waals surface area contributed by atoms with E-state index in [0.29, 0.717) is 11.4 Å². The summed E-state index contributed by atoms with van der Waals surface area (Å²) >= 11 is 0. The number of H-pyrrole nitrogens is 1. The van der Waals surface area contributed by atoms with E-state index in [0.717, 1.165) is 22.7 Å². The number of nitrogens with one attached hydrogen (secondary N) is 1. The zero-order valence-electron chi connectivity index (χ0n) is 8.94. The lowest BCUT2D eigenvalue weighted by atomic mass is 10.0. The second kappa shape index (κ2) is 3.59. The summed E-state index contributed by atoms with van der Waals surface area (Å²) in [5, 5.41) is 0.969. The summed E-state index contributed by atoms with van der Waals surface area (Å²) in [6.07, 6.45) is 2.98. The predicted molar refractivity (Wildman–Crippen MR) is 65.9 cm³/mol. The maximum absolute atomic E-state index is 13.8. The molecule has 3 rings (SSSR count). The van der Waals surface area contributed by atoms with Crippen LogP contribution >= 0.6 is 0 Å². The van der Waals surface area contributed by atoms with Crippen LogP contribution in [0.15, 0.2) is 42.7 Å². The Bertz CT molecular complexity index is 688. The van der Waals surface area contributed by atoms with Crippen molar-refractivity contribution in [2.45, 2.75) is 0 Å². The number of nitrogens with two attached hydrogens (primary N) is 1. The van der Waals surface area contributed by atoms with E-state index in [1.807, 2.05) is 30.5 Å². The number of rotatable bonds is 1. The SMILES string of the molecule is Nc1cc(-c2cccc3[nH]ccc23)c(F)cn1. The average Bonchev–Trinajstić information content (AvgIpc) is 2.80. The van der Waals surface area contributed by atoms with Crippen molar-refractivity contribution in [3.8, 4) is 11.1 Å². The third kappa shape index (κ3) is 1.54. The molecule has 0 spiro atoms. The second-order valence-corrected chi connectivity index (χ2v) is 3.83. The molecule has 0 fully saturated rings. The van der Waals surface area contributed by atoms with Crippen molar-refractivity contribution in [3.63, 3.8) is 0 Å². The number of nitrogens with zero attached hydrogens (tertiary/aromatic N) is 1. The van der Waals surface area contributed by atoms with Crippen LogP contribution in [-0.4, -0.2) is 9.97 Å². The Hall–Kier alpha value is -2.36. The van der Waals surface area contributed by atoms with Gasteiger partial charge >= 0.3 is 0 Å². The largest absolute Gasteiger partial charge is 0.384 e. The number of benzene rings is 1. The number of anilines is 1. The van der Waals surface area contributed by atoms with E-state index in [2.05, 4.69) is 9.97 Å². The highest BCUT2D eigenvalue weighted by molar-refractivity contribution is 5.95. The van der Waals surface area contributed by atoms with Crippen LogP contribution in [0.5, 0.6) is 0 Å². The Labute approximate surface area is 97.1 Å². The minimum absolute atomic E-state index is 0.314. The minimum Gasteiger partial charge on any atom is -0.384 e.